The summed E-state index contributed by atoms with van der Waals surface area (Å²) in [5, 5.41) is 4.49. The van der Waals surface area contributed by atoms with Crippen molar-refractivity contribution >= 4 is 46.9 Å². The fourth-order valence-corrected chi connectivity index (χ4v) is 5.12. The second-order valence-corrected chi connectivity index (χ2v) is 8.68. The van der Waals surface area contributed by atoms with Crippen LogP contribution in [-0.4, -0.2) is 18.2 Å². The molecule has 0 saturated heterocycles. The highest BCUT2D eigenvalue weighted by Crippen LogP contribution is 2.50. The molecule has 0 unspecified atom stereocenters. The van der Waals surface area contributed by atoms with Gasteiger partial charge in [0.2, 0.25) is 0 Å². The van der Waals surface area contributed by atoms with Crippen molar-refractivity contribution in [1.82, 2.24) is 4.98 Å². The zero-order chi connectivity index (χ0) is 20.3. The molecule has 2 aromatic carbocycles. The Morgan fingerprint density at radius 2 is 1.64 bits per heavy atom. The van der Waals surface area contributed by atoms with Crippen LogP contribution in [0.5, 0.6) is 0 Å². The van der Waals surface area contributed by atoms with E-state index in [1.165, 1.54) is 0 Å². The van der Waals surface area contributed by atoms with E-state index in [1.54, 1.807) is 13.8 Å². The molecule has 0 atom stereocenters. The van der Waals surface area contributed by atoms with E-state index >= 15 is 0 Å². The van der Waals surface area contributed by atoms with Gasteiger partial charge in [0.25, 0.3) is 0 Å². The fraction of sp³-hybridized carbons (Fsp3) is 0.286. The highest BCUT2D eigenvalue weighted by Gasteiger charge is 2.34. The Labute approximate surface area is 170 Å². The zero-order valence-electron chi connectivity index (χ0n) is 16.5. The van der Waals surface area contributed by atoms with Gasteiger partial charge in [0.1, 0.15) is 0 Å². The maximum atomic E-state index is 13.4. The molecule has 3 rings (SSSR count). The van der Waals surface area contributed by atoms with Gasteiger partial charge < -0.3 is 14.4 Å². The van der Waals surface area contributed by atoms with Crippen molar-refractivity contribution in [3.05, 3.63) is 58.6 Å². The molecule has 0 radical (unpaired) electrons. The first kappa shape index (κ1) is 20.8. The summed E-state index contributed by atoms with van der Waals surface area (Å²) in [5.74, 6) is 0. The Kier molecular flexibility index (Phi) is 6.41. The predicted molar refractivity (Wildman–Crippen MR) is 116 cm³/mol. The average molecular weight is 419 g/mol. The maximum Gasteiger partial charge on any atom is 0.381 e. The first-order valence-corrected chi connectivity index (χ1v) is 11.1. The van der Waals surface area contributed by atoms with Crippen molar-refractivity contribution in [3.8, 4) is 0 Å². The van der Waals surface area contributed by atoms with Gasteiger partial charge in [-0.2, -0.15) is 0 Å². The minimum atomic E-state index is -3.66. The normalized spacial score (nSPS) is 11.8. The van der Waals surface area contributed by atoms with Crippen LogP contribution in [0.25, 0.3) is 10.9 Å². The molecule has 0 aliphatic carbocycles. The molecule has 1 aromatic heterocycles. The summed E-state index contributed by atoms with van der Waals surface area (Å²) in [6, 6.07) is 13.7. The number of para-hydroxylation sites is 2. The van der Waals surface area contributed by atoms with Gasteiger partial charge in [0, 0.05) is 11.1 Å². The van der Waals surface area contributed by atoms with Gasteiger partial charge in [-0.15, -0.1) is 0 Å². The molecule has 0 aliphatic rings. The van der Waals surface area contributed by atoms with E-state index in [2.05, 4.69) is 10.3 Å². The molecule has 1 N–H and O–H groups in total. The molecule has 0 amide bonds. The smallest absolute Gasteiger partial charge is 0.353 e. The number of hydrogen-bond acceptors (Lipinski definition) is 5. The number of nitrogens with one attached hydrogen (secondary N) is 1. The first-order chi connectivity index (χ1) is 13.4. The van der Waals surface area contributed by atoms with Crippen LogP contribution < -0.4 is 10.8 Å². The van der Waals surface area contributed by atoms with E-state index in [9.17, 15) is 4.57 Å². The van der Waals surface area contributed by atoms with Crippen LogP contribution in [-0.2, 0) is 13.6 Å². The average Bonchev–Trinajstić information content (AvgIpc) is 2.66. The zero-order valence-corrected chi connectivity index (χ0v) is 18.1. The standard InChI is InChI=1S/C21H24ClN2O3P/c1-5-26-28(25,27-6-2)21-18(22)20(23-17-13-8-7-10-14(17)3)16-12-9-11-15(4)19(16)24-21/h7-13H,5-6H2,1-4H3,(H,23,24). The lowest BCUT2D eigenvalue weighted by atomic mass is 10.1. The third-order valence-electron chi connectivity index (χ3n) is 4.40. The number of pyridine rings is 1. The number of fused-ring (bicyclic) bond motifs is 1. The maximum absolute atomic E-state index is 13.4. The summed E-state index contributed by atoms with van der Waals surface area (Å²) in [6.07, 6.45) is 0. The molecule has 148 valence electrons. The lowest BCUT2D eigenvalue weighted by molar-refractivity contribution is 0.229. The minimum absolute atomic E-state index is 0.135. The van der Waals surface area contributed by atoms with Gasteiger partial charge in [0.05, 0.1) is 29.4 Å². The Morgan fingerprint density at radius 3 is 2.29 bits per heavy atom. The summed E-state index contributed by atoms with van der Waals surface area (Å²) in [4.78, 5) is 4.62. The van der Waals surface area contributed by atoms with Gasteiger partial charge in [-0.3, -0.25) is 4.57 Å². The van der Waals surface area contributed by atoms with Crippen LogP contribution in [0.2, 0.25) is 5.02 Å². The van der Waals surface area contributed by atoms with Gasteiger partial charge >= 0.3 is 7.60 Å². The van der Waals surface area contributed by atoms with Crippen LogP contribution in [0.15, 0.2) is 42.5 Å². The van der Waals surface area contributed by atoms with Crippen molar-refractivity contribution < 1.29 is 13.6 Å². The van der Waals surface area contributed by atoms with E-state index < -0.39 is 7.60 Å². The van der Waals surface area contributed by atoms with E-state index in [4.69, 9.17) is 20.6 Å². The monoisotopic (exact) mass is 418 g/mol. The number of nitrogens with zero attached hydrogens (tertiary/aromatic N) is 1. The van der Waals surface area contributed by atoms with E-state index in [1.807, 2.05) is 56.3 Å². The molecule has 5 nitrogen and oxygen atoms in total. The summed E-state index contributed by atoms with van der Waals surface area (Å²) in [5.41, 5.74) is 4.40. The molecule has 7 heteroatoms. The number of aryl methyl sites for hydroxylation is 2. The largest absolute Gasteiger partial charge is 0.381 e. The highest BCUT2D eigenvalue weighted by molar-refractivity contribution is 7.62. The number of aromatic nitrogens is 1. The van der Waals surface area contributed by atoms with E-state index in [0.717, 1.165) is 22.2 Å². The topological polar surface area (TPSA) is 60.5 Å². The number of hydrogen-bond donors (Lipinski definition) is 1. The van der Waals surface area contributed by atoms with E-state index in [0.29, 0.717) is 11.2 Å². The second kappa shape index (κ2) is 8.62. The predicted octanol–water partition coefficient (Wildman–Crippen LogP) is 6.14. The third kappa shape index (κ3) is 3.94. The molecule has 0 aliphatic heterocycles. The molecule has 0 spiro atoms. The van der Waals surface area contributed by atoms with Crippen molar-refractivity contribution in [1.29, 1.82) is 0 Å². The Hall–Kier alpha value is -1.91. The Balaban J connectivity index is 2.30. The fourth-order valence-electron chi connectivity index (χ4n) is 3.05. The van der Waals surface area contributed by atoms with Crippen LogP contribution in [0.3, 0.4) is 0 Å². The summed E-state index contributed by atoms with van der Waals surface area (Å²) < 4.78 is 24.5. The van der Waals surface area contributed by atoms with Crippen LogP contribution in [0.1, 0.15) is 25.0 Å². The molecule has 0 bridgehead atoms. The summed E-state index contributed by atoms with van der Waals surface area (Å²) in [7, 11) is -3.66. The highest BCUT2D eigenvalue weighted by atomic mass is 35.5. The van der Waals surface area contributed by atoms with Crippen molar-refractivity contribution in [2.45, 2.75) is 27.7 Å². The van der Waals surface area contributed by atoms with Crippen molar-refractivity contribution in [2.24, 2.45) is 0 Å². The van der Waals surface area contributed by atoms with Crippen LogP contribution >= 0.6 is 19.2 Å². The third-order valence-corrected chi connectivity index (χ3v) is 6.94. The second-order valence-electron chi connectivity index (χ2n) is 6.37. The van der Waals surface area contributed by atoms with Crippen molar-refractivity contribution in [2.75, 3.05) is 18.5 Å². The molecular formula is C21H24ClN2O3P. The summed E-state index contributed by atoms with van der Waals surface area (Å²) >= 11 is 6.74. The number of anilines is 2. The van der Waals surface area contributed by atoms with Crippen LogP contribution in [0.4, 0.5) is 11.4 Å². The number of benzene rings is 2. The SMILES string of the molecule is CCOP(=O)(OCC)c1nc2c(C)cccc2c(Nc2ccccc2C)c1Cl. The van der Waals surface area contributed by atoms with Crippen molar-refractivity contribution in [3.63, 3.8) is 0 Å². The first-order valence-electron chi connectivity index (χ1n) is 9.22. The molecule has 1 heterocycles. The lowest BCUT2D eigenvalue weighted by Crippen LogP contribution is -2.18. The molecular weight excluding hydrogens is 395 g/mol. The van der Waals surface area contributed by atoms with Crippen LogP contribution in [0, 0.1) is 13.8 Å². The minimum Gasteiger partial charge on any atom is -0.353 e. The lowest BCUT2D eigenvalue weighted by Gasteiger charge is -2.21. The quantitative estimate of drug-likeness (QED) is 0.467. The molecule has 28 heavy (non-hydrogen) atoms. The molecule has 3 aromatic rings. The van der Waals surface area contributed by atoms with Gasteiger partial charge in [-0.25, -0.2) is 4.98 Å². The van der Waals surface area contributed by atoms with E-state index in [-0.39, 0.29) is 23.7 Å². The summed E-state index contributed by atoms with van der Waals surface area (Å²) in [6.45, 7) is 7.94. The number of rotatable bonds is 7. The Bertz CT molecular complexity index is 1050. The number of halogens is 1. The van der Waals surface area contributed by atoms with Gasteiger partial charge in [-0.05, 0) is 44.9 Å². The molecule has 0 fully saturated rings. The molecule has 0 saturated carbocycles. The van der Waals surface area contributed by atoms with Gasteiger partial charge in [0.15, 0.2) is 5.44 Å². The van der Waals surface area contributed by atoms with Gasteiger partial charge in [-0.1, -0.05) is 48.0 Å². The Morgan fingerprint density at radius 1 is 1.00 bits per heavy atom.